The minimum Gasteiger partial charge on any atom is -0.324 e. The maximum atomic E-state index is 12.1. The molecule has 1 aromatic carbocycles. The highest BCUT2D eigenvalue weighted by atomic mass is 79.9. The molecule has 0 spiro atoms. The van der Waals surface area contributed by atoms with Crippen LogP contribution >= 0.6 is 50.6 Å². The molecule has 0 fully saturated rings. The topological polar surface area (TPSA) is 54.9 Å². The van der Waals surface area contributed by atoms with Crippen molar-refractivity contribution in [1.82, 2.24) is 9.97 Å². The smallest absolute Gasteiger partial charge is 0.234 e. The zero-order valence-electron chi connectivity index (χ0n) is 11.0. The highest BCUT2D eigenvalue weighted by molar-refractivity contribution is 9.10. The number of fused-ring (bicyclic) bond motifs is 1. The van der Waals surface area contributed by atoms with E-state index in [1.165, 1.54) is 18.1 Å². The minimum absolute atomic E-state index is 0.127. The number of nitrogens with zero attached hydrogens (tertiary/aromatic N) is 2. The van der Waals surface area contributed by atoms with Crippen LogP contribution in [-0.2, 0) is 4.79 Å². The van der Waals surface area contributed by atoms with Crippen LogP contribution in [0.1, 0.15) is 0 Å². The number of benzene rings is 1. The normalized spacial score (nSPS) is 10.8. The van der Waals surface area contributed by atoms with Crippen LogP contribution in [0.25, 0.3) is 10.2 Å². The second kappa shape index (κ2) is 6.95. The number of carbonyl (C=O) groups is 1. The molecule has 0 radical (unpaired) electrons. The Bertz CT molecular complexity index is 840. The SMILES string of the molecule is O=C(CSc1ncnc2ccsc12)Nc1ccc(Br)cc1Cl. The van der Waals surface area contributed by atoms with Gasteiger partial charge in [0.25, 0.3) is 0 Å². The first-order valence-corrected chi connectivity index (χ1v) is 9.23. The Morgan fingerprint density at radius 3 is 3.05 bits per heavy atom. The first-order valence-electron chi connectivity index (χ1n) is 6.19. The molecule has 0 unspecified atom stereocenters. The number of anilines is 1. The van der Waals surface area contributed by atoms with E-state index in [0.29, 0.717) is 10.7 Å². The molecule has 4 nitrogen and oxygen atoms in total. The van der Waals surface area contributed by atoms with Gasteiger partial charge in [-0.2, -0.15) is 0 Å². The highest BCUT2D eigenvalue weighted by Gasteiger charge is 2.10. The largest absolute Gasteiger partial charge is 0.324 e. The van der Waals surface area contributed by atoms with E-state index in [1.807, 2.05) is 17.5 Å². The predicted octanol–water partition coefficient (Wildman–Crippen LogP) is 4.84. The molecular weight excluding hydrogens is 406 g/mol. The Hall–Kier alpha value is -1.15. The van der Waals surface area contributed by atoms with E-state index in [9.17, 15) is 4.79 Å². The maximum absolute atomic E-state index is 12.1. The summed E-state index contributed by atoms with van der Waals surface area (Å²) in [5, 5.41) is 6.07. The van der Waals surface area contributed by atoms with Crippen molar-refractivity contribution < 1.29 is 4.79 Å². The molecule has 0 bridgehead atoms. The molecule has 0 aliphatic carbocycles. The molecule has 3 rings (SSSR count). The number of hydrogen-bond donors (Lipinski definition) is 1. The van der Waals surface area contributed by atoms with Crippen LogP contribution in [0.5, 0.6) is 0 Å². The van der Waals surface area contributed by atoms with Crippen LogP contribution in [-0.4, -0.2) is 21.6 Å². The van der Waals surface area contributed by atoms with Crippen molar-refractivity contribution >= 4 is 72.4 Å². The van der Waals surface area contributed by atoms with Crippen molar-refractivity contribution in [3.05, 3.63) is 45.5 Å². The van der Waals surface area contributed by atoms with Crippen LogP contribution in [0.15, 0.2) is 45.5 Å². The maximum Gasteiger partial charge on any atom is 0.234 e. The van der Waals surface area contributed by atoms with Gasteiger partial charge in [-0.05, 0) is 29.6 Å². The fourth-order valence-corrected chi connectivity index (χ4v) is 4.25. The van der Waals surface area contributed by atoms with Crippen LogP contribution in [0.3, 0.4) is 0 Å². The van der Waals surface area contributed by atoms with Crippen molar-refractivity contribution in [3.8, 4) is 0 Å². The number of thiophene rings is 1. The Morgan fingerprint density at radius 2 is 2.23 bits per heavy atom. The Morgan fingerprint density at radius 1 is 1.36 bits per heavy atom. The Balaban J connectivity index is 1.66. The van der Waals surface area contributed by atoms with E-state index in [0.717, 1.165) is 19.7 Å². The zero-order valence-corrected chi connectivity index (χ0v) is 15.0. The third-order valence-electron chi connectivity index (χ3n) is 2.76. The summed E-state index contributed by atoms with van der Waals surface area (Å²) in [5.74, 6) is 0.133. The Labute approximate surface area is 148 Å². The van der Waals surface area contributed by atoms with Crippen LogP contribution < -0.4 is 5.32 Å². The number of hydrogen-bond acceptors (Lipinski definition) is 5. The molecule has 1 amide bonds. The van der Waals surface area contributed by atoms with Gasteiger partial charge >= 0.3 is 0 Å². The molecule has 8 heteroatoms. The lowest BCUT2D eigenvalue weighted by Crippen LogP contribution is -2.14. The molecule has 22 heavy (non-hydrogen) atoms. The number of carbonyl (C=O) groups excluding carboxylic acids is 1. The number of amides is 1. The second-order valence-electron chi connectivity index (χ2n) is 4.27. The van der Waals surface area contributed by atoms with Crippen molar-refractivity contribution in [2.75, 3.05) is 11.1 Å². The van der Waals surface area contributed by atoms with Gasteiger partial charge in [0, 0.05) is 4.47 Å². The second-order valence-corrected chi connectivity index (χ2v) is 7.48. The Kier molecular flexibility index (Phi) is 4.97. The first-order chi connectivity index (χ1) is 10.6. The zero-order chi connectivity index (χ0) is 15.5. The van der Waals surface area contributed by atoms with E-state index >= 15 is 0 Å². The standard InChI is InChI=1S/C14H9BrClN3OS2/c15-8-1-2-10(9(16)5-8)19-12(20)6-22-14-13-11(3-4-21-13)17-7-18-14/h1-5,7H,6H2,(H,19,20). The highest BCUT2D eigenvalue weighted by Crippen LogP contribution is 2.29. The molecule has 0 aliphatic rings. The summed E-state index contributed by atoms with van der Waals surface area (Å²) in [6, 6.07) is 7.27. The predicted molar refractivity (Wildman–Crippen MR) is 95.9 cm³/mol. The molecular formula is C14H9BrClN3OS2. The van der Waals surface area contributed by atoms with E-state index in [4.69, 9.17) is 11.6 Å². The average molecular weight is 415 g/mol. The minimum atomic E-state index is -0.127. The fraction of sp³-hybridized carbons (Fsp3) is 0.0714. The van der Waals surface area contributed by atoms with Crippen LogP contribution in [0, 0.1) is 0 Å². The summed E-state index contributed by atoms with van der Waals surface area (Å²) < 4.78 is 1.87. The molecule has 0 atom stereocenters. The molecule has 0 aliphatic heterocycles. The number of thioether (sulfide) groups is 1. The van der Waals surface area contributed by atoms with E-state index in [-0.39, 0.29) is 11.7 Å². The lowest BCUT2D eigenvalue weighted by molar-refractivity contribution is -0.113. The molecule has 0 saturated heterocycles. The van der Waals surface area contributed by atoms with Crippen LogP contribution in [0.4, 0.5) is 5.69 Å². The molecule has 1 N–H and O–H groups in total. The fourth-order valence-electron chi connectivity index (χ4n) is 1.78. The summed E-state index contributed by atoms with van der Waals surface area (Å²) in [7, 11) is 0. The number of aromatic nitrogens is 2. The summed E-state index contributed by atoms with van der Waals surface area (Å²) in [5.41, 5.74) is 1.50. The van der Waals surface area contributed by atoms with Crippen molar-refractivity contribution in [1.29, 1.82) is 0 Å². The van der Waals surface area contributed by atoms with Gasteiger partial charge in [-0.25, -0.2) is 9.97 Å². The molecule has 3 aromatic rings. The third kappa shape index (κ3) is 3.60. The number of nitrogens with one attached hydrogen (secondary N) is 1. The molecule has 2 heterocycles. The monoisotopic (exact) mass is 413 g/mol. The average Bonchev–Trinajstić information content (AvgIpc) is 2.97. The van der Waals surface area contributed by atoms with Crippen molar-refractivity contribution in [2.45, 2.75) is 5.03 Å². The van der Waals surface area contributed by atoms with E-state index < -0.39 is 0 Å². The lowest BCUT2D eigenvalue weighted by atomic mass is 10.3. The number of halogens is 2. The van der Waals surface area contributed by atoms with E-state index in [1.54, 1.807) is 23.5 Å². The van der Waals surface area contributed by atoms with Crippen molar-refractivity contribution in [2.24, 2.45) is 0 Å². The summed E-state index contributed by atoms with van der Waals surface area (Å²) in [6.07, 6.45) is 1.51. The summed E-state index contributed by atoms with van der Waals surface area (Å²) in [6.45, 7) is 0. The molecule has 0 saturated carbocycles. The first kappa shape index (κ1) is 15.7. The van der Waals surface area contributed by atoms with Gasteiger partial charge in [-0.3, -0.25) is 4.79 Å². The lowest BCUT2D eigenvalue weighted by Gasteiger charge is -2.07. The van der Waals surface area contributed by atoms with Crippen molar-refractivity contribution in [3.63, 3.8) is 0 Å². The molecule has 2 aromatic heterocycles. The van der Waals surface area contributed by atoms with Gasteiger partial charge in [0.2, 0.25) is 5.91 Å². The van der Waals surface area contributed by atoms with E-state index in [2.05, 4.69) is 31.2 Å². The van der Waals surface area contributed by atoms with Gasteiger partial charge in [0.05, 0.1) is 26.7 Å². The van der Waals surface area contributed by atoms with Crippen LogP contribution in [0.2, 0.25) is 5.02 Å². The molecule has 112 valence electrons. The summed E-state index contributed by atoms with van der Waals surface area (Å²) in [4.78, 5) is 20.5. The van der Waals surface area contributed by atoms with Gasteiger partial charge in [0.15, 0.2) is 0 Å². The summed E-state index contributed by atoms with van der Waals surface area (Å²) >= 11 is 12.4. The van der Waals surface area contributed by atoms with Gasteiger partial charge in [-0.15, -0.1) is 11.3 Å². The third-order valence-corrected chi connectivity index (χ3v) is 5.59. The number of rotatable bonds is 4. The van der Waals surface area contributed by atoms with Gasteiger partial charge < -0.3 is 5.32 Å². The van der Waals surface area contributed by atoms with Gasteiger partial charge in [-0.1, -0.05) is 39.3 Å². The quantitative estimate of drug-likeness (QED) is 0.490. The van der Waals surface area contributed by atoms with Gasteiger partial charge in [0.1, 0.15) is 11.4 Å².